The number of dihydropyridines is 1. The maximum atomic E-state index is 9.24. The standard InChI is InChI=1S/C21H20N2/c22-13-12-17-14-16-7-2-4-11-20(16)23-21(17)19-10-5-8-15-6-1-3-9-18(15)19/h2,4-5,7-8,10-11,14,16,20H,1,3,6,9,12H2. The molecule has 0 saturated heterocycles. The Morgan fingerprint density at radius 2 is 2.00 bits per heavy atom. The summed E-state index contributed by atoms with van der Waals surface area (Å²) in [5.41, 5.74) is 6.31. The fourth-order valence-electron chi connectivity index (χ4n) is 3.91. The molecule has 0 saturated carbocycles. The van der Waals surface area contributed by atoms with Crippen molar-refractivity contribution in [3.63, 3.8) is 0 Å². The molecule has 3 aliphatic rings. The lowest BCUT2D eigenvalue weighted by Crippen LogP contribution is -2.25. The summed E-state index contributed by atoms with van der Waals surface area (Å²) >= 11 is 0. The van der Waals surface area contributed by atoms with Gasteiger partial charge in [0.2, 0.25) is 0 Å². The molecule has 0 amide bonds. The minimum atomic E-state index is 0.178. The lowest BCUT2D eigenvalue weighted by Gasteiger charge is -2.28. The van der Waals surface area contributed by atoms with Gasteiger partial charge in [-0.1, -0.05) is 48.6 Å². The van der Waals surface area contributed by atoms with Crippen LogP contribution in [0.5, 0.6) is 0 Å². The monoisotopic (exact) mass is 300 g/mol. The van der Waals surface area contributed by atoms with Gasteiger partial charge in [-0.25, -0.2) is 0 Å². The van der Waals surface area contributed by atoms with Crippen LogP contribution in [-0.2, 0) is 12.8 Å². The molecule has 0 N–H and O–H groups in total. The van der Waals surface area contributed by atoms with E-state index in [2.05, 4.69) is 54.6 Å². The third-order valence-electron chi connectivity index (χ3n) is 5.04. The maximum Gasteiger partial charge on any atom is 0.0787 e. The van der Waals surface area contributed by atoms with E-state index in [1.54, 1.807) is 0 Å². The van der Waals surface area contributed by atoms with Gasteiger partial charge in [0.1, 0.15) is 0 Å². The molecular weight excluding hydrogens is 280 g/mol. The summed E-state index contributed by atoms with van der Waals surface area (Å²) in [5.74, 6) is 0.298. The molecule has 2 aliphatic carbocycles. The SMILES string of the molecule is N#CCC1=CC2C=CC=CC2N=C1c1cccc2c1CCCC2. The van der Waals surface area contributed by atoms with E-state index in [0.29, 0.717) is 12.3 Å². The van der Waals surface area contributed by atoms with Crippen LogP contribution in [0.3, 0.4) is 0 Å². The number of fused-ring (bicyclic) bond motifs is 2. The van der Waals surface area contributed by atoms with Crippen molar-refractivity contribution in [3.8, 4) is 6.07 Å². The Balaban J connectivity index is 1.82. The Morgan fingerprint density at radius 3 is 2.91 bits per heavy atom. The van der Waals surface area contributed by atoms with Crippen LogP contribution in [0.4, 0.5) is 0 Å². The topological polar surface area (TPSA) is 36.1 Å². The number of aliphatic imine (C=N–C) groups is 1. The van der Waals surface area contributed by atoms with Crippen LogP contribution in [-0.4, -0.2) is 11.8 Å². The van der Waals surface area contributed by atoms with Crippen molar-refractivity contribution in [1.29, 1.82) is 5.26 Å². The molecular formula is C21H20N2. The summed E-state index contributed by atoms with van der Waals surface area (Å²) in [5, 5.41) is 9.24. The molecule has 0 aromatic heterocycles. The Bertz CT molecular complexity index is 787. The second-order valence-electron chi connectivity index (χ2n) is 6.49. The molecule has 2 heteroatoms. The van der Waals surface area contributed by atoms with Gasteiger partial charge in [0.25, 0.3) is 0 Å². The summed E-state index contributed by atoms with van der Waals surface area (Å²) < 4.78 is 0. The maximum absolute atomic E-state index is 9.24. The van der Waals surface area contributed by atoms with Crippen LogP contribution in [0.15, 0.2) is 59.1 Å². The van der Waals surface area contributed by atoms with E-state index in [-0.39, 0.29) is 6.04 Å². The largest absolute Gasteiger partial charge is 0.276 e. The summed E-state index contributed by atoms with van der Waals surface area (Å²) in [7, 11) is 0. The van der Waals surface area contributed by atoms with Crippen molar-refractivity contribution in [2.75, 3.05) is 0 Å². The first-order valence-electron chi connectivity index (χ1n) is 8.49. The third kappa shape index (κ3) is 2.57. The van der Waals surface area contributed by atoms with E-state index in [0.717, 1.165) is 17.7 Å². The Kier molecular flexibility index (Phi) is 3.71. The summed E-state index contributed by atoms with van der Waals surface area (Å²) in [6, 6.07) is 9.09. The smallest absolute Gasteiger partial charge is 0.0787 e. The Labute approximate surface area is 137 Å². The van der Waals surface area contributed by atoms with E-state index >= 15 is 0 Å². The second-order valence-corrected chi connectivity index (χ2v) is 6.49. The summed E-state index contributed by atoms with van der Waals surface area (Å²) in [4.78, 5) is 5.04. The first kappa shape index (κ1) is 14.2. The molecule has 1 aromatic carbocycles. The van der Waals surface area contributed by atoms with Crippen LogP contribution >= 0.6 is 0 Å². The third-order valence-corrected chi connectivity index (χ3v) is 5.04. The van der Waals surface area contributed by atoms with E-state index < -0.39 is 0 Å². The zero-order valence-corrected chi connectivity index (χ0v) is 13.2. The number of aryl methyl sites for hydroxylation is 1. The van der Waals surface area contributed by atoms with Gasteiger partial charge in [0, 0.05) is 11.5 Å². The fourth-order valence-corrected chi connectivity index (χ4v) is 3.91. The van der Waals surface area contributed by atoms with Gasteiger partial charge in [0.15, 0.2) is 0 Å². The normalized spacial score (nSPS) is 25.0. The van der Waals surface area contributed by atoms with Crippen molar-refractivity contribution in [2.45, 2.75) is 38.1 Å². The van der Waals surface area contributed by atoms with Crippen molar-refractivity contribution >= 4 is 5.71 Å². The molecule has 0 spiro atoms. The second kappa shape index (κ2) is 6.01. The highest BCUT2D eigenvalue weighted by Crippen LogP contribution is 2.32. The van der Waals surface area contributed by atoms with Crippen LogP contribution in [0, 0.1) is 17.2 Å². The average molecular weight is 300 g/mol. The van der Waals surface area contributed by atoms with E-state index in [1.165, 1.54) is 36.0 Å². The molecule has 0 fully saturated rings. The molecule has 4 rings (SSSR count). The number of rotatable bonds is 2. The minimum absolute atomic E-state index is 0.178. The van der Waals surface area contributed by atoms with Gasteiger partial charge in [-0.15, -0.1) is 0 Å². The number of hydrogen-bond donors (Lipinski definition) is 0. The summed E-state index contributed by atoms with van der Waals surface area (Å²) in [6.45, 7) is 0. The zero-order valence-electron chi connectivity index (χ0n) is 13.2. The number of hydrogen-bond acceptors (Lipinski definition) is 2. The minimum Gasteiger partial charge on any atom is -0.276 e. The summed E-state index contributed by atoms with van der Waals surface area (Å²) in [6.07, 6.45) is 16.0. The first-order chi connectivity index (χ1) is 11.4. The van der Waals surface area contributed by atoms with Crippen molar-refractivity contribution < 1.29 is 0 Å². The van der Waals surface area contributed by atoms with Crippen molar-refractivity contribution in [3.05, 3.63) is 70.8 Å². The van der Waals surface area contributed by atoms with Crippen LogP contribution in [0.1, 0.15) is 36.0 Å². The Hall–Kier alpha value is -2.40. The van der Waals surface area contributed by atoms with Crippen LogP contribution in [0.2, 0.25) is 0 Å². The molecule has 23 heavy (non-hydrogen) atoms. The number of nitrogens with zero attached hydrogens (tertiary/aromatic N) is 2. The fraction of sp³-hybridized carbons (Fsp3) is 0.333. The molecule has 1 aromatic rings. The number of nitriles is 1. The molecule has 0 bridgehead atoms. The van der Waals surface area contributed by atoms with Gasteiger partial charge < -0.3 is 0 Å². The number of allylic oxidation sites excluding steroid dienone is 3. The van der Waals surface area contributed by atoms with E-state index in [4.69, 9.17) is 4.99 Å². The van der Waals surface area contributed by atoms with Crippen molar-refractivity contribution in [2.24, 2.45) is 10.9 Å². The van der Waals surface area contributed by atoms with Gasteiger partial charge >= 0.3 is 0 Å². The highest BCUT2D eigenvalue weighted by atomic mass is 14.8. The van der Waals surface area contributed by atoms with Gasteiger partial charge in [-0.05, 0) is 42.4 Å². The van der Waals surface area contributed by atoms with Crippen LogP contribution in [0.25, 0.3) is 0 Å². The highest BCUT2D eigenvalue weighted by Gasteiger charge is 2.26. The average Bonchev–Trinajstić information content (AvgIpc) is 2.61. The zero-order chi connectivity index (χ0) is 15.6. The van der Waals surface area contributed by atoms with Gasteiger partial charge in [-0.2, -0.15) is 5.26 Å². The molecule has 0 radical (unpaired) electrons. The predicted molar refractivity (Wildman–Crippen MR) is 93.5 cm³/mol. The van der Waals surface area contributed by atoms with E-state index in [1.807, 2.05) is 0 Å². The van der Waals surface area contributed by atoms with E-state index in [9.17, 15) is 5.26 Å². The van der Waals surface area contributed by atoms with Crippen molar-refractivity contribution in [1.82, 2.24) is 0 Å². The molecule has 2 atom stereocenters. The van der Waals surface area contributed by atoms with Gasteiger partial charge in [-0.3, -0.25) is 4.99 Å². The number of benzene rings is 1. The molecule has 2 unspecified atom stereocenters. The first-order valence-corrected chi connectivity index (χ1v) is 8.49. The molecule has 1 aliphatic heterocycles. The Morgan fingerprint density at radius 1 is 1.13 bits per heavy atom. The molecule has 114 valence electrons. The lowest BCUT2D eigenvalue weighted by atomic mass is 9.81. The highest BCUT2D eigenvalue weighted by molar-refractivity contribution is 6.14. The van der Waals surface area contributed by atoms with Crippen LogP contribution < -0.4 is 0 Å². The predicted octanol–water partition coefficient (Wildman–Crippen LogP) is 4.32. The molecule has 1 heterocycles. The quantitative estimate of drug-likeness (QED) is 0.801. The lowest BCUT2D eigenvalue weighted by molar-refractivity contribution is 0.669. The van der Waals surface area contributed by atoms with Gasteiger partial charge in [0.05, 0.1) is 24.2 Å². The molecule has 2 nitrogen and oxygen atoms in total.